The van der Waals surface area contributed by atoms with Gasteiger partial charge in [-0.1, -0.05) is 103 Å². The highest BCUT2D eigenvalue weighted by Gasteiger charge is 2.52. The van der Waals surface area contributed by atoms with Crippen molar-refractivity contribution in [1.82, 2.24) is 0 Å². The molecule has 0 aromatic heterocycles. The van der Waals surface area contributed by atoms with Crippen molar-refractivity contribution in [2.75, 3.05) is 6.54 Å². The van der Waals surface area contributed by atoms with Gasteiger partial charge in [-0.2, -0.15) is 0 Å². The number of unbranched alkanes of at least 4 members (excludes halogenated alkanes) is 16. The van der Waals surface area contributed by atoms with Crippen molar-refractivity contribution in [2.24, 2.45) is 0 Å². The third-order valence-electron chi connectivity index (χ3n) is 8.29. The predicted octanol–water partition coefficient (Wildman–Crippen LogP) is 7.82. The maximum atomic E-state index is 11.8. The van der Waals surface area contributed by atoms with Crippen LogP contribution in [0.1, 0.15) is 143 Å². The molecule has 0 amide bonds. The summed E-state index contributed by atoms with van der Waals surface area (Å²) in [6.07, 6.45) is 26.5. The number of aliphatic carboxylic acids is 3. The summed E-state index contributed by atoms with van der Waals surface area (Å²) < 4.78 is -0.497. The van der Waals surface area contributed by atoms with E-state index in [9.17, 15) is 29.7 Å². The molecule has 0 bridgehead atoms. The highest BCUT2D eigenvalue weighted by Crippen LogP contribution is 2.27. The Kier molecular flexibility index (Phi) is 20.9. The maximum Gasteiger partial charge on any atom is 0.362 e. The van der Waals surface area contributed by atoms with Gasteiger partial charge in [0.25, 0.3) is 0 Å². The Hall–Kier alpha value is -1.89. The molecule has 3 unspecified atom stereocenters. The fourth-order valence-corrected chi connectivity index (χ4v) is 5.54. The van der Waals surface area contributed by atoms with Crippen LogP contribution in [0.15, 0.2) is 12.2 Å². The van der Waals surface area contributed by atoms with E-state index in [0.29, 0.717) is 6.42 Å². The molecule has 0 aliphatic rings. The normalized spacial score (nSPS) is 15.7. The molecule has 7 heteroatoms. The van der Waals surface area contributed by atoms with Gasteiger partial charge in [0.1, 0.15) is 0 Å². The van der Waals surface area contributed by atoms with Gasteiger partial charge in [-0.3, -0.25) is 4.48 Å². The van der Waals surface area contributed by atoms with Gasteiger partial charge in [-0.05, 0) is 52.9 Å². The van der Waals surface area contributed by atoms with E-state index in [1.165, 1.54) is 111 Å². The summed E-state index contributed by atoms with van der Waals surface area (Å²) >= 11 is 0. The molecule has 0 saturated carbocycles. The van der Waals surface area contributed by atoms with E-state index in [1.807, 2.05) is 0 Å². The second kappa shape index (κ2) is 22.0. The Morgan fingerprint density at radius 3 is 1.13 bits per heavy atom. The smallest absolute Gasteiger partial charge is 0.362 e. The molecule has 0 fully saturated rings. The lowest BCUT2D eigenvalue weighted by molar-refractivity contribution is -0.968. The van der Waals surface area contributed by atoms with Crippen molar-refractivity contribution >= 4 is 17.9 Å². The van der Waals surface area contributed by atoms with Crippen LogP contribution in [0.5, 0.6) is 0 Å². The van der Waals surface area contributed by atoms with E-state index >= 15 is 0 Å². The summed E-state index contributed by atoms with van der Waals surface area (Å²) in [4.78, 5) is 35.4. The average Bonchev–Trinajstić information content (AvgIpc) is 2.88. The van der Waals surface area contributed by atoms with Crippen LogP contribution < -0.4 is 0 Å². The lowest BCUT2D eigenvalue weighted by Gasteiger charge is -2.47. The summed E-state index contributed by atoms with van der Waals surface area (Å²) in [6, 6.07) is -3.41. The van der Waals surface area contributed by atoms with Crippen LogP contribution in [0.2, 0.25) is 0 Å². The fourth-order valence-electron chi connectivity index (χ4n) is 5.54. The number of rotatable bonds is 26. The molecule has 222 valence electrons. The molecule has 0 aliphatic carbocycles. The Morgan fingerprint density at radius 2 is 0.816 bits per heavy atom. The molecule has 0 aliphatic heterocycles. The summed E-state index contributed by atoms with van der Waals surface area (Å²) in [6.45, 7) is 6.70. The molecule has 0 radical (unpaired) electrons. The van der Waals surface area contributed by atoms with Crippen LogP contribution >= 0.6 is 0 Å². The number of hydrogen-bond acceptors (Lipinski definition) is 3. The van der Waals surface area contributed by atoms with E-state index < -0.39 is 40.5 Å². The van der Waals surface area contributed by atoms with Crippen LogP contribution in [0.3, 0.4) is 0 Å². The maximum absolute atomic E-state index is 11.8. The molecule has 0 spiro atoms. The van der Waals surface area contributed by atoms with Crippen molar-refractivity contribution < 1.29 is 34.2 Å². The molecule has 3 atom stereocenters. The van der Waals surface area contributed by atoms with E-state index in [0.717, 1.165) is 19.3 Å². The Bertz CT molecular complexity index is 627. The van der Waals surface area contributed by atoms with Crippen molar-refractivity contribution in [3.05, 3.63) is 12.2 Å². The molecule has 7 nitrogen and oxygen atoms in total. The largest absolute Gasteiger partial charge is 0.477 e. The van der Waals surface area contributed by atoms with Crippen LogP contribution in [0, 0.1) is 0 Å². The third kappa shape index (κ3) is 14.3. The van der Waals surface area contributed by atoms with Gasteiger partial charge < -0.3 is 15.3 Å². The molecule has 0 saturated heterocycles. The van der Waals surface area contributed by atoms with Crippen molar-refractivity contribution in [1.29, 1.82) is 0 Å². The topological polar surface area (TPSA) is 112 Å². The minimum atomic E-state index is -1.18. The van der Waals surface area contributed by atoms with Gasteiger partial charge in [0.2, 0.25) is 0 Å². The molecular weight excluding hydrogens is 482 g/mol. The zero-order valence-corrected chi connectivity index (χ0v) is 24.8. The number of carboxylic acid groups (broad SMARTS) is 3. The zero-order chi connectivity index (χ0) is 28.8. The first-order chi connectivity index (χ1) is 18.1. The minimum absolute atomic E-state index is 0.196. The van der Waals surface area contributed by atoms with Gasteiger partial charge >= 0.3 is 17.9 Å². The summed E-state index contributed by atoms with van der Waals surface area (Å²) in [5, 5.41) is 28.9. The van der Waals surface area contributed by atoms with E-state index in [2.05, 4.69) is 19.1 Å². The van der Waals surface area contributed by atoms with Gasteiger partial charge in [0, 0.05) is 0 Å². The van der Waals surface area contributed by atoms with Crippen LogP contribution in [0.25, 0.3) is 0 Å². The van der Waals surface area contributed by atoms with E-state index in [4.69, 9.17) is 0 Å². The molecule has 0 heterocycles. The number of carboxylic acids is 3. The second-order valence-corrected chi connectivity index (χ2v) is 11.1. The monoisotopic (exact) mass is 540 g/mol. The standard InChI is InChI=1S/C31H57NO6/c1-5-6-7-8-9-10-11-12-13-14-15-16-17-18-19-20-21-22-23-24-25-32(26(2)29(33)34,27(3)30(35)36)28(4)31(37)38/h20-21,26-28H,5-19,22-25H2,1-4H3,(H2-,33,34,35,36,37,38)/p+1/b21-20+. The van der Waals surface area contributed by atoms with E-state index in [1.54, 1.807) is 0 Å². The lowest BCUT2D eigenvalue weighted by atomic mass is 10.0. The number of quaternary nitrogens is 1. The molecule has 0 rings (SSSR count). The van der Waals surface area contributed by atoms with Gasteiger partial charge in [0.05, 0.1) is 6.54 Å². The second-order valence-electron chi connectivity index (χ2n) is 11.1. The Balaban J connectivity index is 4.14. The fraction of sp³-hybridized carbons (Fsp3) is 0.839. The molecular formula is C31H58NO6+. The van der Waals surface area contributed by atoms with Crippen LogP contribution in [-0.2, 0) is 14.4 Å². The highest BCUT2D eigenvalue weighted by molar-refractivity contribution is 5.77. The number of allylic oxidation sites excluding steroid dienone is 2. The lowest BCUT2D eigenvalue weighted by Crippen LogP contribution is -2.70. The predicted molar refractivity (Wildman–Crippen MR) is 154 cm³/mol. The first kappa shape index (κ1) is 36.1. The Morgan fingerprint density at radius 1 is 0.526 bits per heavy atom. The quantitative estimate of drug-likeness (QED) is 0.0586. The number of nitrogens with zero attached hydrogens (tertiary/aromatic N) is 1. The van der Waals surface area contributed by atoms with Gasteiger partial charge in [0.15, 0.2) is 18.1 Å². The first-order valence-electron chi connectivity index (χ1n) is 15.3. The van der Waals surface area contributed by atoms with Gasteiger partial charge in [-0.25, -0.2) is 14.4 Å². The number of hydrogen-bond donors (Lipinski definition) is 3. The zero-order valence-electron chi connectivity index (χ0n) is 24.8. The average molecular weight is 541 g/mol. The van der Waals surface area contributed by atoms with Crippen molar-refractivity contribution in [3.63, 3.8) is 0 Å². The summed E-state index contributed by atoms with van der Waals surface area (Å²) in [7, 11) is 0. The van der Waals surface area contributed by atoms with Crippen LogP contribution in [-0.4, -0.2) is 62.4 Å². The minimum Gasteiger partial charge on any atom is -0.477 e. The molecule has 0 aromatic rings. The third-order valence-corrected chi connectivity index (χ3v) is 8.29. The molecule has 38 heavy (non-hydrogen) atoms. The van der Waals surface area contributed by atoms with Crippen molar-refractivity contribution in [2.45, 2.75) is 161 Å². The molecule has 3 N–H and O–H groups in total. The SMILES string of the molecule is CCCCCCCCCCCCCCCC/C=C/CCCC[N+](C(C)C(=O)O)(C(C)C(=O)O)C(C)C(=O)O. The number of carbonyl (C=O) groups is 3. The van der Waals surface area contributed by atoms with Gasteiger partial charge in [-0.15, -0.1) is 0 Å². The summed E-state index contributed by atoms with van der Waals surface area (Å²) in [5.74, 6) is -3.54. The molecule has 0 aromatic carbocycles. The van der Waals surface area contributed by atoms with Crippen molar-refractivity contribution in [3.8, 4) is 0 Å². The van der Waals surface area contributed by atoms with Crippen LogP contribution in [0.4, 0.5) is 0 Å². The van der Waals surface area contributed by atoms with E-state index in [-0.39, 0.29) is 6.54 Å². The summed E-state index contributed by atoms with van der Waals surface area (Å²) in [5.41, 5.74) is 0. The Labute approximate surface area is 232 Å². The highest BCUT2D eigenvalue weighted by atomic mass is 16.4. The first-order valence-corrected chi connectivity index (χ1v) is 15.3.